The molecule has 4 heteroatoms. The van der Waals surface area contributed by atoms with E-state index in [0.29, 0.717) is 12.0 Å². The number of thioether (sulfide) groups is 1. The molecule has 3 N–H and O–H groups in total. The Hall–Kier alpha value is -1.00. The van der Waals surface area contributed by atoms with Gasteiger partial charge in [-0.15, -0.1) is 0 Å². The number of nitrogens with two attached hydrogens (primary N) is 1. The summed E-state index contributed by atoms with van der Waals surface area (Å²) in [7, 11) is 0. The number of benzene rings is 1. The van der Waals surface area contributed by atoms with Crippen LogP contribution in [0.1, 0.15) is 37.7 Å². The Balaban J connectivity index is 1.61. The summed E-state index contributed by atoms with van der Waals surface area (Å²) in [5.74, 6) is 1.67. The first-order valence-electron chi connectivity index (χ1n) is 7.57. The highest BCUT2D eigenvalue weighted by Crippen LogP contribution is 2.28. The number of H-pyrrole nitrogens is 1. The van der Waals surface area contributed by atoms with Gasteiger partial charge in [0.15, 0.2) is 5.16 Å². The summed E-state index contributed by atoms with van der Waals surface area (Å²) >= 11 is 1.76. The van der Waals surface area contributed by atoms with Gasteiger partial charge in [-0.05, 0) is 43.4 Å². The first-order valence-corrected chi connectivity index (χ1v) is 8.56. The number of nitrogens with one attached hydrogen (secondary N) is 1. The van der Waals surface area contributed by atoms with Crippen molar-refractivity contribution in [1.82, 2.24) is 9.97 Å². The van der Waals surface area contributed by atoms with Gasteiger partial charge in [0, 0.05) is 11.8 Å². The lowest BCUT2D eigenvalue weighted by Crippen LogP contribution is -2.33. The fourth-order valence-corrected chi connectivity index (χ4v) is 4.01. The third kappa shape index (κ3) is 3.18. The quantitative estimate of drug-likeness (QED) is 0.840. The molecule has 20 heavy (non-hydrogen) atoms. The third-order valence-corrected chi connectivity index (χ3v) is 5.30. The second-order valence-corrected chi connectivity index (χ2v) is 6.94. The molecule has 0 aliphatic heterocycles. The van der Waals surface area contributed by atoms with E-state index in [1.165, 1.54) is 37.7 Å². The van der Waals surface area contributed by atoms with Crippen LogP contribution in [-0.2, 0) is 0 Å². The summed E-state index contributed by atoms with van der Waals surface area (Å²) in [6.07, 6.45) is 6.71. The van der Waals surface area contributed by atoms with Crippen LogP contribution in [0.25, 0.3) is 11.0 Å². The van der Waals surface area contributed by atoms with E-state index in [1.54, 1.807) is 11.8 Å². The highest BCUT2D eigenvalue weighted by atomic mass is 32.2. The van der Waals surface area contributed by atoms with E-state index in [1.807, 2.05) is 0 Å². The van der Waals surface area contributed by atoms with E-state index in [4.69, 9.17) is 5.73 Å². The lowest BCUT2D eigenvalue weighted by molar-refractivity contribution is 0.319. The van der Waals surface area contributed by atoms with E-state index < -0.39 is 0 Å². The Morgan fingerprint density at radius 2 is 2.15 bits per heavy atom. The number of fused-ring (bicyclic) bond motifs is 1. The van der Waals surface area contributed by atoms with Gasteiger partial charge in [-0.25, -0.2) is 4.98 Å². The number of nitrogens with zero attached hydrogens (tertiary/aromatic N) is 1. The van der Waals surface area contributed by atoms with Crippen LogP contribution in [0, 0.1) is 12.8 Å². The van der Waals surface area contributed by atoms with Crippen LogP contribution in [0.3, 0.4) is 0 Å². The van der Waals surface area contributed by atoms with Crippen LogP contribution in [0.5, 0.6) is 0 Å². The topological polar surface area (TPSA) is 54.7 Å². The maximum atomic E-state index is 6.35. The molecule has 3 rings (SSSR count). The van der Waals surface area contributed by atoms with Gasteiger partial charge in [0.25, 0.3) is 0 Å². The van der Waals surface area contributed by atoms with Gasteiger partial charge in [-0.1, -0.05) is 37.1 Å². The minimum Gasteiger partial charge on any atom is -0.333 e. The van der Waals surface area contributed by atoms with Crippen molar-refractivity contribution in [2.45, 2.75) is 50.2 Å². The Bertz CT molecular complexity index is 572. The fourth-order valence-electron chi connectivity index (χ4n) is 3.04. The molecule has 1 fully saturated rings. The maximum Gasteiger partial charge on any atom is 0.166 e. The first kappa shape index (κ1) is 14.0. The second-order valence-electron chi connectivity index (χ2n) is 5.94. The molecular weight excluding hydrogens is 266 g/mol. The molecule has 108 valence electrons. The third-order valence-electron chi connectivity index (χ3n) is 4.28. The Kier molecular flexibility index (Phi) is 4.32. The van der Waals surface area contributed by atoms with Crippen LogP contribution in [-0.4, -0.2) is 21.8 Å². The predicted molar refractivity (Wildman–Crippen MR) is 86.1 cm³/mol. The largest absolute Gasteiger partial charge is 0.333 e. The highest BCUT2D eigenvalue weighted by molar-refractivity contribution is 7.99. The Labute approximate surface area is 124 Å². The number of aryl methyl sites for hydroxylation is 1. The molecule has 1 aromatic heterocycles. The average molecular weight is 289 g/mol. The van der Waals surface area contributed by atoms with Gasteiger partial charge in [0.1, 0.15) is 0 Å². The maximum absolute atomic E-state index is 6.35. The fraction of sp³-hybridized carbons (Fsp3) is 0.562. The zero-order valence-electron chi connectivity index (χ0n) is 12.1. The molecule has 3 nitrogen and oxygen atoms in total. The van der Waals surface area contributed by atoms with Crippen molar-refractivity contribution < 1.29 is 0 Å². The number of rotatable bonds is 4. The highest BCUT2D eigenvalue weighted by Gasteiger charge is 2.20. The molecule has 1 aliphatic rings. The molecule has 1 unspecified atom stereocenters. The number of hydrogen-bond acceptors (Lipinski definition) is 3. The van der Waals surface area contributed by atoms with E-state index in [2.05, 4.69) is 35.1 Å². The molecule has 0 spiro atoms. The van der Waals surface area contributed by atoms with Gasteiger partial charge in [-0.2, -0.15) is 0 Å². The van der Waals surface area contributed by atoms with Crippen LogP contribution in [0.4, 0.5) is 0 Å². The minimum atomic E-state index is 0.301. The van der Waals surface area contributed by atoms with Gasteiger partial charge in [0.05, 0.1) is 11.0 Å². The van der Waals surface area contributed by atoms with Gasteiger partial charge < -0.3 is 10.7 Å². The van der Waals surface area contributed by atoms with Crippen LogP contribution >= 0.6 is 11.8 Å². The summed E-state index contributed by atoms with van der Waals surface area (Å²) in [6.45, 7) is 2.10. The minimum absolute atomic E-state index is 0.301. The number of hydrogen-bond donors (Lipinski definition) is 2. The zero-order chi connectivity index (χ0) is 13.9. The monoisotopic (exact) mass is 289 g/mol. The molecule has 0 amide bonds. The predicted octanol–water partition coefficient (Wildman–Crippen LogP) is 3.87. The number of aromatic amines is 1. The molecule has 1 aliphatic carbocycles. The zero-order valence-corrected chi connectivity index (χ0v) is 12.9. The van der Waals surface area contributed by atoms with E-state index in [-0.39, 0.29) is 0 Å². The van der Waals surface area contributed by atoms with Crippen molar-refractivity contribution in [3.05, 3.63) is 23.8 Å². The van der Waals surface area contributed by atoms with Crippen molar-refractivity contribution in [3.63, 3.8) is 0 Å². The van der Waals surface area contributed by atoms with Crippen LogP contribution < -0.4 is 5.73 Å². The second kappa shape index (κ2) is 6.19. The molecule has 0 saturated heterocycles. The molecule has 2 aromatic rings. The van der Waals surface area contributed by atoms with Gasteiger partial charge in [-0.3, -0.25) is 0 Å². The molecule has 0 bridgehead atoms. The van der Waals surface area contributed by atoms with E-state index in [9.17, 15) is 0 Å². The SMILES string of the molecule is Cc1ccc2nc(SCC(N)C3CCCCC3)[nH]c2c1. The lowest BCUT2D eigenvalue weighted by Gasteiger charge is -2.26. The Morgan fingerprint density at radius 3 is 2.95 bits per heavy atom. The van der Waals surface area contributed by atoms with Crippen molar-refractivity contribution in [2.24, 2.45) is 11.7 Å². The van der Waals surface area contributed by atoms with Crippen molar-refractivity contribution in [2.75, 3.05) is 5.75 Å². The standard InChI is InChI=1S/C16H23N3S/c1-11-7-8-14-15(9-11)19-16(18-14)20-10-13(17)12-5-3-2-4-6-12/h7-9,12-13H,2-6,10,17H2,1H3,(H,18,19). The van der Waals surface area contributed by atoms with Crippen LogP contribution in [0.2, 0.25) is 0 Å². The normalized spacial score (nSPS) is 18.5. The average Bonchev–Trinajstić information content (AvgIpc) is 2.87. The summed E-state index contributed by atoms with van der Waals surface area (Å²) in [6, 6.07) is 6.63. The van der Waals surface area contributed by atoms with Crippen molar-refractivity contribution >= 4 is 22.8 Å². The molecule has 1 heterocycles. The molecule has 1 atom stereocenters. The summed E-state index contributed by atoms with van der Waals surface area (Å²) in [5.41, 5.74) is 9.78. The summed E-state index contributed by atoms with van der Waals surface area (Å²) < 4.78 is 0. The van der Waals surface area contributed by atoms with Gasteiger partial charge in [0.2, 0.25) is 0 Å². The Morgan fingerprint density at radius 1 is 1.35 bits per heavy atom. The summed E-state index contributed by atoms with van der Waals surface area (Å²) in [5, 5.41) is 0.997. The smallest absolute Gasteiger partial charge is 0.166 e. The first-order chi connectivity index (χ1) is 9.72. The van der Waals surface area contributed by atoms with Crippen molar-refractivity contribution in [3.8, 4) is 0 Å². The number of aromatic nitrogens is 2. The van der Waals surface area contributed by atoms with Crippen molar-refractivity contribution in [1.29, 1.82) is 0 Å². The van der Waals surface area contributed by atoms with Crippen LogP contribution in [0.15, 0.2) is 23.4 Å². The molecule has 1 saturated carbocycles. The van der Waals surface area contributed by atoms with E-state index >= 15 is 0 Å². The molecule has 1 aromatic carbocycles. The lowest BCUT2D eigenvalue weighted by atomic mass is 9.85. The molecule has 0 radical (unpaired) electrons. The van der Waals surface area contributed by atoms with Gasteiger partial charge >= 0.3 is 0 Å². The number of imidazole rings is 1. The molecular formula is C16H23N3S. The summed E-state index contributed by atoms with van der Waals surface area (Å²) in [4.78, 5) is 8.01. The van der Waals surface area contributed by atoms with E-state index in [0.717, 1.165) is 21.9 Å².